The lowest BCUT2D eigenvalue weighted by Gasteiger charge is -2.45. The predicted octanol–water partition coefficient (Wildman–Crippen LogP) is 2.53. The Morgan fingerprint density at radius 3 is 3.00 bits per heavy atom. The highest BCUT2D eigenvalue weighted by atomic mass is 16.1. The molecule has 1 aliphatic carbocycles. The maximum Gasteiger partial charge on any atom is 0.233 e. The first-order valence-corrected chi connectivity index (χ1v) is 9.74. The molecular weight excluding hydrogens is 368 g/mol. The van der Waals surface area contributed by atoms with Gasteiger partial charge in [0.25, 0.3) is 0 Å². The van der Waals surface area contributed by atoms with Crippen LogP contribution in [0.3, 0.4) is 0 Å². The summed E-state index contributed by atoms with van der Waals surface area (Å²) in [4.78, 5) is 32.5. The van der Waals surface area contributed by atoms with E-state index in [2.05, 4.69) is 42.5 Å². The Hall–Kier alpha value is -3.49. The molecule has 4 heterocycles. The summed E-state index contributed by atoms with van der Waals surface area (Å²) in [6, 6.07) is 0.247. The standard InChI is InChI=1S/C20H22N8O/c1-3-16(29)27-20(2)6-13(7-20)25-18-23-10-15-14(9-22-17(15)26-18)12-8-24-19-21-4-5-28(19)11-12/h4-5,8-11,13H,3,6-7H2,1-2H3,(H,27,29)(H2,22,23,25,26)/t13-,20-. The Kier molecular flexibility index (Phi) is 3.97. The van der Waals surface area contributed by atoms with E-state index in [0.717, 1.165) is 35.0 Å². The lowest BCUT2D eigenvalue weighted by Crippen LogP contribution is -2.59. The van der Waals surface area contributed by atoms with Crippen LogP contribution in [0.2, 0.25) is 0 Å². The quantitative estimate of drug-likeness (QED) is 0.483. The highest BCUT2D eigenvalue weighted by Gasteiger charge is 2.41. The van der Waals surface area contributed by atoms with Gasteiger partial charge in [-0.15, -0.1) is 0 Å². The zero-order valence-corrected chi connectivity index (χ0v) is 16.3. The van der Waals surface area contributed by atoms with Crippen LogP contribution in [0, 0.1) is 0 Å². The molecule has 148 valence electrons. The van der Waals surface area contributed by atoms with Gasteiger partial charge in [-0.3, -0.25) is 9.20 Å². The highest BCUT2D eigenvalue weighted by Crippen LogP contribution is 2.34. The van der Waals surface area contributed by atoms with Crippen LogP contribution < -0.4 is 10.6 Å². The first-order valence-electron chi connectivity index (χ1n) is 9.74. The third kappa shape index (κ3) is 3.18. The van der Waals surface area contributed by atoms with Crippen LogP contribution in [0.15, 0.2) is 37.2 Å². The lowest BCUT2D eigenvalue weighted by atomic mass is 9.74. The molecule has 0 saturated heterocycles. The topological polar surface area (TPSA) is 113 Å². The number of H-pyrrole nitrogens is 1. The molecule has 0 atom stereocenters. The molecule has 9 nitrogen and oxygen atoms in total. The van der Waals surface area contributed by atoms with Gasteiger partial charge in [-0.25, -0.2) is 15.0 Å². The van der Waals surface area contributed by atoms with Crippen molar-refractivity contribution in [1.29, 1.82) is 0 Å². The minimum Gasteiger partial charge on any atom is -0.351 e. The number of anilines is 1. The fourth-order valence-electron chi connectivity index (χ4n) is 4.01. The number of rotatable bonds is 5. The Morgan fingerprint density at radius 1 is 1.31 bits per heavy atom. The molecule has 0 aliphatic heterocycles. The van der Waals surface area contributed by atoms with Crippen molar-refractivity contribution >= 4 is 28.7 Å². The number of carbonyl (C=O) groups is 1. The molecular formula is C20H22N8O. The molecule has 1 aliphatic rings. The molecule has 0 bridgehead atoms. The van der Waals surface area contributed by atoms with E-state index in [9.17, 15) is 4.79 Å². The van der Waals surface area contributed by atoms with Crippen LogP contribution in [-0.2, 0) is 4.79 Å². The number of aromatic amines is 1. The van der Waals surface area contributed by atoms with Crippen LogP contribution >= 0.6 is 0 Å². The van der Waals surface area contributed by atoms with Gasteiger partial charge >= 0.3 is 0 Å². The molecule has 9 heteroatoms. The maximum atomic E-state index is 11.6. The van der Waals surface area contributed by atoms with E-state index in [4.69, 9.17) is 0 Å². The predicted molar refractivity (Wildman–Crippen MR) is 109 cm³/mol. The summed E-state index contributed by atoms with van der Waals surface area (Å²) in [5.74, 6) is 1.34. The Bertz CT molecular complexity index is 1200. The lowest BCUT2D eigenvalue weighted by molar-refractivity contribution is -0.123. The van der Waals surface area contributed by atoms with Gasteiger partial charge in [0, 0.05) is 71.7 Å². The van der Waals surface area contributed by atoms with E-state index in [1.165, 1.54) is 0 Å². The van der Waals surface area contributed by atoms with Gasteiger partial charge in [0.15, 0.2) is 0 Å². The third-order valence-corrected chi connectivity index (χ3v) is 5.48. The average molecular weight is 390 g/mol. The Labute approximate surface area is 167 Å². The fraction of sp³-hybridized carbons (Fsp3) is 0.350. The van der Waals surface area contributed by atoms with E-state index in [1.807, 2.05) is 36.1 Å². The third-order valence-electron chi connectivity index (χ3n) is 5.48. The largest absolute Gasteiger partial charge is 0.351 e. The molecule has 5 rings (SSSR count). The van der Waals surface area contributed by atoms with Crippen LogP contribution in [-0.4, -0.2) is 46.8 Å². The first-order chi connectivity index (χ1) is 14.0. The van der Waals surface area contributed by atoms with Crippen molar-refractivity contribution in [1.82, 2.24) is 34.6 Å². The number of carbonyl (C=O) groups excluding carboxylic acids is 1. The molecule has 1 fully saturated rings. The number of imidazole rings is 1. The van der Waals surface area contributed by atoms with Crippen LogP contribution in [0.4, 0.5) is 5.95 Å². The average Bonchev–Trinajstić information content (AvgIpc) is 3.32. The number of aromatic nitrogens is 6. The molecule has 0 unspecified atom stereocenters. The summed E-state index contributed by atoms with van der Waals surface area (Å²) >= 11 is 0. The van der Waals surface area contributed by atoms with Crippen molar-refractivity contribution in [3.05, 3.63) is 37.2 Å². The van der Waals surface area contributed by atoms with Gasteiger partial charge in [0.2, 0.25) is 17.6 Å². The molecule has 3 N–H and O–H groups in total. The molecule has 1 saturated carbocycles. The molecule has 0 spiro atoms. The van der Waals surface area contributed by atoms with E-state index in [0.29, 0.717) is 18.1 Å². The summed E-state index contributed by atoms with van der Waals surface area (Å²) in [5, 5.41) is 7.39. The number of nitrogens with zero attached hydrogens (tertiary/aromatic N) is 5. The first kappa shape index (κ1) is 17.6. The minimum atomic E-state index is -0.145. The van der Waals surface area contributed by atoms with Gasteiger partial charge in [-0.2, -0.15) is 4.98 Å². The second kappa shape index (κ2) is 6.54. The minimum absolute atomic E-state index is 0.0888. The van der Waals surface area contributed by atoms with Gasteiger partial charge in [-0.1, -0.05) is 6.92 Å². The summed E-state index contributed by atoms with van der Waals surface area (Å²) in [6.07, 6.45) is 13.3. The summed E-state index contributed by atoms with van der Waals surface area (Å²) in [6.45, 7) is 3.94. The van der Waals surface area contributed by atoms with Gasteiger partial charge < -0.3 is 15.6 Å². The van der Waals surface area contributed by atoms with Crippen molar-refractivity contribution in [3.8, 4) is 11.1 Å². The van der Waals surface area contributed by atoms with Crippen molar-refractivity contribution in [3.63, 3.8) is 0 Å². The smallest absolute Gasteiger partial charge is 0.233 e. The highest BCUT2D eigenvalue weighted by molar-refractivity contribution is 5.93. The van der Waals surface area contributed by atoms with Gasteiger partial charge in [0.1, 0.15) is 5.65 Å². The van der Waals surface area contributed by atoms with Crippen LogP contribution in [0.5, 0.6) is 0 Å². The number of hydrogen-bond acceptors (Lipinski definition) is 6. The van der Waals surface area contributed by atoms with E-state index in [-0.39, 0.29) is 17.5 Å². The van der Waals surface area contributed by atoms with Crippen molar-refractivity contribution in [2.45, 2.75) is 44.7 Å². The summed E-state index contributed by atoms with van der Waals surface area (Å²) < 4.78 is 1.88. The van der Waals surface area contributed by atoms with Gasteiger partial charge in [0.05, 0.1) is 0 Å². The van der Waals surface area contributed by atoms with Crippen molar-refractivity contribution in [2.24, 2.45) is 0 Å². The van der Waals surface area contributed by atoms with E-state index >= 15 is 0 Å². The SMILES string of the molecule is CCC(=O)N[C@]1(C)C[C@@H](Nc2ncc3c(-c4cnc5nccn5c4)c[nH]c3n2)C1. The molecule has 0 radical (unpaired) electrons. The maximum absolute atomic E-state index is 11.6. The summed E-state index contributed by atoms with van der Waals surface area (Å²) in [7, 11) is 0. The van der Waals surface area contributed by atoms with E-state index in [1.54, 1.807) is 12.4 Å². The number of hydrogen-bond donors (Lipinski definition) is 3. The second-order valence-electron chi connectivity index (χ2n) is 7.85. The normalized spacial score (nSPS) is 21.2. The number of amides is 1. The van der Waals surface area contributed by atoms with Crippen molar-refractivity contribution in [2.75, 3.05) is 5.32 Å². The monoisotopic (exact) mass is 390 g/mol. The van der Waals surface area contributed by atoms with Crippen molar-refractivity contribution < 1.29 is 4.79 Å². The number of nitrogens with one attached hydrogen (secondary N) is 3. The zero-order valence-electron chi connectivity index (χ0n) is 16.3. The molecule has 0 aromatic carbocycles. The molecule has 1 amide bonds. The van der Waals surface area contributed by atoms with Crippen LogP contribution in [0.1, 0.15) is 33.1 Å². The molecule has 29 heavy (non-hydrogen) atoms. The molecule has 4 aromatic heterocycles. The second-order valence-corrected chi connectivity index (χ2v) is 7.85. The fourth-order valence-corrected chi connectivity index (χ4v) is 4.01. The number of fused-ring (bicyclic) bond motifs is 2. The van der Waals surface area contributed by atoms with Gasteiger partial charge in [-0.05, 0) is 19.8 Å². The zero-order chi connectivity index (χ0) is 20.0. The molecule has 4 aromatic rings. The Balaban J connectivity index is 1.33. The van der Waals surface area contributed by atoms with Crippen LogP contribution in [0.25, 0.3) is 27.9 Å². The Morgan fingerprint density at radius 2 is 2.17 bits per heavy atom. The van der Waals surface area contributed by atoms with E-state index < -0.39 is 0 Å². The summed E-state index contributed by atoms with van der Waals surface area (Å²) in [5.41, 5.74) is 2.58.